The van der Waals surface area contributed by atoms with Gasteiger partial charge in [0.25, 0.3) is 0 Å². The topological polar surface area (TPSA) is 77.4 Å². The van der Waals surface area contributed by atoms with Crippen LogP contribution in [0.15, 0.2) is 28.0 Å². The van der Waals surface area contributed by atoms with Gasteiger partial charge < -0.3 is 4.98 Å². The molecule has 0 amide bonds. The highest BCUT2D eigenvalue weighted by Crippen LogP contribution is 2.28. The first-order valence-corrected chi connectivity index (χ1v) is 4.29. The van der Waals surface area contributed by atoms with Gasteiger partial charge in [-0.05, 0) is 32.6 Å². The van der Waals surface area contributed by atoms with Gasteiger partial charge in [0, 0.05) is 27.2 Å². The Bertz CT molecular complexity index is 497. The van der Waals surface area contributed by atoms with E-state index in [2.05, 4.69) is 35.9 Å². The van der Waals surface area contributed by atoms with Crippen LogP contribution in [0.2, 0.25) is 0 Å². The molecule has 0 saturated carbocycles. The van der Waals surface area contributed by atoms with E-state index in [4.69, 9.17) is 5.53 Å². The average molecular weight is 238 g/mol. The zero-order valence-corrected chi connectivity index (χ0v) is 7.98. The number of halogens is 1. The SMILES string of the molecule is [N-]=[N+]=Nc1ncc(Br)c2cc[nH]c12. The van der Waals surface area contributed by atoms with Crippen molar-refractivity contribution in [1.29, 1.82) is 0 Å². The highest BCUT2D eigenvalue weighted by molar-refractivity contribution is 9.10. The lowest BCUT2D eigenvalue weighted by molar-refractivity contribution is 1.26. The van der Waals surface area contributed by atoms with E-state index >= 15 is 0 Å². The van der Waals surface area contributed by atoms with Gasteiger partial charge in [0.2, 0.25) is 0 Å². The Morgan fingerprint density at radius 1 is 1.62 bits per heavy atom. The average Bonchev–Trinajstić information content (AvgIpc) is 2.59. The number of rotatable bonds is 1. The molecule has 0 aliphatic rings. The van der Waals surface area contributed by atoms with Crippen molar-refractivity contribution in [1.82, 2.24) is 9.97 Å². The highest BCUT2D eigenvalue weighted by Gasteiger charge is 2.04. The number of H-pyrrole nitrogens is 1. The van der Waals surface area contributed by atoms with Crippen LogP contribution in [0.4, 0.5) is 5.82 Å². The molecule has 0 aromatic carbocycles. The standard InChI is InChI=1S/C7H4BrN5/c8-5-3-11-7(12-13-9)6-4(5)1-2-10-6/h1-3,10H. The maximum atomic E-state index is 8.28. The molecule has 1 N–H and O–H groups in total. The Hall–Kier alpha value is -1.52. The van der Waals surface area contributed by atoms with E-state index in [9.17, 15) is 0 Å². The Kier molecular flexibility index (Phi) is 1.92. The van der Waals surface area contributed by atoms with Crippen LogP contribution in [0.3, 0.4) is 0 Å². The van der Waals surface area contributed by atoms with Gasteiger partial charge in [-0.1, -0.05) is 0 Å². The molecule has 0 radical (unpaired) electrons. The smallest absolute Gasteiger partial charge is 0.150 e. The molecular weight excluding hydrogens is 234 g/mol. The molecule has 13 heavy (non-hydrogen) atoms. The number of pyridine rings is 1. The van der Waals surface area contributed by atoms with Crippen molar-refractivity contribution in [2.24, 2.45) is 5.11 Å². The molecule has 0 bridgehead atoms. The Labute approximate surface area is 81.5 Å². The molecule has 0 spiro atoms. The van der Waals surface area contributed by atoms with E-state index in [1.54, 1.807) is 12.4 Å². The summed E-state index contributed by atoms with van der Waals surface area (Å²) in [5, 5.41) is 4.42. The summed E-state index contributed by atoms with van der Waals surface area (Å²) < 4.78 is 0.876. The number of nitrogens with zero attached hydrogens (tertiary/aromatic N) is 4. The van der Waals surface area contributed by atoms with Crippen LogP contribution in [0.25, 0.3) is 21.3 Å². The minimum atomic E-state index is 0.366. The van der Waals surface area contributed by atoms with E-state index in [0.29, 0.717) is 5.82 Å². The third kappa shape index (κ3) is 1.26. The molecule has 0 unspecified atom stereocenters. The normalized spacial score (nSPS) is 9.92. The van der Waals surface area contributed by atoms with Crippen molar-refractivity contribution in [3.8, 4) is 0 Å². The number of azide groups is 1. The van der Waals surface area contributed by atoms with E-state index in [1.807, 2.05) is 6.07 Å². The molecule has 0 fully saturated rings. The number of aromatic nitrogens is 2. The summed E-state index contributed by atoms with van der Waals surface area (Å²) in [5.41, 5.74) is 9.02. The number of hydrogen-bond acceptors (Lipinski definition) is 2. The molecule has 2 heterocycles. The van der Waals surface area contributed by atoms with Gasteiger partial charge in [0.1, 0.15) is 0 Å². The summed E-state index contributed by atoms with van der Waals surface area (Å²) in [6.45, 7) is 0. The van der Waals surface area contributed by atoms with Crippen LogP contribution in [-0.2, 0) is 0 Å². The summed E-state index contributed by atoms with van der Waals surface area (Å²) in [5.74, 6) is 0.366. The third-order valence-electron chi connectivity index (χ3n) is 1.67. The first-order valence-electron chi connectivity index (χ1n) is 3.49. The summed E-state index contributed by atoms with van der Waals surface area (Å²) in [6, 6.07) is 1.89. The maximum Gasteiger partial charge on any atom is 0.150 e. The number of hydrogen-bond donors (Lipinski definition) is 1. The van der Waals surface area contributed by atoms with Crippen LogP contribution in [0.5, 0.6) is 0 Å². The monoisotopic (exact) mass is 237 g/mol. The van der Waals surface area contributed by atoms with Crippen molar-refractivity contribution in [3.05, 3.63) is 33.4 Å². The Morgan fingerprint density at radius 2 is 2.46 bits per heavy atom. The second-order valence-corrected chi connectivity index (χ2v) is 3.24. The van der Waals surface area contributed by atoms with Crippen molar-refractivity contribution < 1.29 is 0 Å². The summed E-state index contributed by atoms with van der Waals surface area (Å²) in [4.78, 5) is 9.62. The van der Waals surface area contributed by atoms with Crippen LogP contribution in [-0.4, -0.2) is 9.97 Å². The molecule has 0 atom stereocenters. The molecule has 2 aromatic rings. The van der Waals surface area contributed by atoms with E-state index < -0.39 is 0 Å². The second-order valence-electron chi connectivity index (χ2n) is 2.39. The fourth-order valence-corrected chi connectivity index (χ4v) is 1.56. The summed E-state index contributed by atoms with van der Waals surface area (Å²) in [6.07, 6.45) is 3.38. The predicted octanol–water partition coefficient (Wildman–Crippen LogP) is 3.27. The van der Waals surface area contributed by atoms with Crippen molar-refractivity contribution in [3.63, 3.8) is 0 Å². The first-order chi connectivity index (χ1) is 6.33. The lowest BCUT2D eigenvalue weighted by Gasteiger charge is -1.95. The molecule has 2 aromatic heterocycles. The number of aromatic amines is 1. The molecule has 0 aliphatic heterocycles. The van der Waals surface area contributed by atoms with Gasteiger partial charge in [0.05, 0.1) is 5.52 Å². The van der Waals surface area contributed by atoms with E-state index in [0.717, 1.165) is 15.4 Å². The summed E-state index contributed by atoms with van der Waals surface area (Å²) >= 11 is 3.34. The maximum absolute atomic E-state index is 8.28. The highest BCUT2D eigenvalue weighted by atomic mass is 79.9. The molecule has 6 heteroatoms. The van der Waals surface area contributed by atoms with E-state index in [-0.39, 0.29) is 0 Å². The lowest BCUT2D eigenvalue weighted by Crippen LogP contribution is -1.76. The Morgan fingerprint density at radius 3 is 3.23 bits per heavy atom. The van der Waals surface area contributed by atoms with E-state index in [1.165, 1.54) is 0 Å². The number of fused-ring (bicyclic) bond motifs is 1. The van der Waals surface area contributed by atoms with Gasteiger partial charge >= 0.3 is 0 Å². The first kappa shape index (κ1) is 8.10. The quantitative estimate of drug-likeness (QED) is 0.461. The third-order valence-corrected chi connectivity index (χ3v) is 2.30. The van der Waals surface area contributed by atoms with Crippen LogP contribution in [0, 0.1) is 0 Å². The van der Waals surface area contributed by atoms with Gasteiger partial charge in [-0.25, -0.2) is 0 Å². The zero-order chi connectivity index (χ0) is 9.26. The molecule has 64 valence electrons. The molecule has 2 rings (SSSR count). The van der Waals surface area contributed by atoms with Crippen molar-refractivity contribution in [2.75, 3.05) is 0 Å². The van der Waals surface area contributed by atoms with Crippen molar-refractivity contribution >= 4 is 32.7 Å². The second kappa shape index (κ2) is 3.08. The molecule has 0 saturated heterocycles. The van der Waals surface area contributed by atoms with Crippen LogP contribution in [0.1, 0.15) is 0 Å². The zero-order valence-electron chi connectivity index (χ0n) is 6.40. The van der Waals surface area contributed by atoms with Gasteiger partial charge in [0.15, 0.2) is 5.82 Å². The minimum absolute atomic E-state index is 0.366. The largest absolute Gasteiger partial charge is 0.360 e. The predicted molar refractivity (Wildman–Crippen MR) is 52.6 cm³/mol. The molecule has 5 nitrogen and oxygen atoms in total. The summed E-state index contributed by atoms with van der Waals surface area (Å²) in [7, 11) is 0. The number of nitrogens with one attached hydrogen (secondary N) is 1. The minimum Gasteiger partial charge on any atom is -0.360 e. The van der Waals surface area contributed by atoms with Gasteiger partial charge in [-0.15, -0.1) is 0 Å². The molecular formula is C7H4BrN5. The molecule has 0 aliphatic carbocycles. The lowest BCUT2D eigenvalue weighted by atomic mass is 10.3. The van der Waals surface area contributed by atoms with Crippen LogP contribution >= 0.6 is 15.9 Å². The fraction of sp³-hybridized carbons (Fsp3) is 0. The van der Waals surface area contributed by atoms with Gasteiger partial charge in [-0.3, -0.25) is 4.98 Å². The fourth-order valence-electron chi connectivity index (χ4n) is 1.12. The van der Waals surface area contributed by atoms with Gasteiger partial charge in [-0.2, -0.15) is 0 Å². The Balaban J connectivity index is 2.85. The van der Waals surface area contributed by atoms with Crippen LogP contribution < -0.4 is 0 Å². The van der Waals surface area contributed by atoms with Crippen molar-refractivity contribution in [2.45, 2.75) is 0 Å².